The number of hydrogen-bond donors (Lipinski definition) is 0. The monoisotopic (exact) mass is 315 g/mol. The topological polar surface area (TPSA) is 61.4 Å². The molecule has 0 spiro atoms. The van der Waals surface area contributed by atoms with Gasteiger partial charge in [0.05, 0.1) is 17.7 Å². The van der Waals surface area contributed by atoms with E-state index in [4.69, 9.17) is 9.15 Å². The summed E-state index contributed by atoms with van der Waals surface area (Å²) in [7, 11) is 0. The third-order valence-electron chi connectivity index (χ3n) is 4.08. The lowest BCUT2D eigenvalue weighted by atomic mass is 9.96. The Kier molecular flexibility index (Phi) is 4.11. The average molecular weight is 315 g/mol. The Bertz CT molecular complexity index is 738. The Morgan fingerprint density at radius 2 is 2.04 bits per heavy atom. The van der Waals surface area contributed by atoms with E-state index in [0.29, 0.717) is 17.2 Å². The second-order valence-corrected chi connectivity index (χ2v) is 6.21. The first-order valence-electron chi connectivity index (χ1n) is 7.98. The van der Waals surface area contributed by atoms with Gasteiger partial charge in [-0.2, -0.15) is 0 Å². The molecule has 0 aromatic carbocycles. The predicted octanol–water partition coefficient (Wildman–Crippen LogP) is 3.45. The highest BCUT2D eigenvalue weighted by Crippen LogP contribution is 2.31. The Hall–Kier alpha value is -2.30. The largest absolute Gasteiger partial charge is 0.462 e. The van der Waals surface area contributed by atoms with Gasteiger partial charge in [-0.25, -0.2) is 0 Å². The van der Waals surface area contributed by atoms with Gasteiger partial charge in [-0.1, -0.05) is 0 Å². The molecule has 23 heavy (non-hydrogen) atoms. The van der Waals surface area contributed by atoms with E-state index in [1.54, 1.807) is 18.2 Å². The molecule has 1 aliphatic heterocycles. The Balaban J connectivity index is 1.91. The van der Waals surface area contributed by atoms with Crippen molar-refractivity contribution in [1.29, 1.82) is 0 Å². The molecule has 0 aliphatic carbocycles. The van der Waals surface area contributed by atoms with E-state index in [1.165, 1.54) is 0 Å². The van der Waals surface area contributed by atoms with Crippen molar-refractivity contribution in [1.82, 2.24) is 4.57 Å². The van der Waals surface area contributed by atoms with E-state index >= 15 is 0 Å². The molecule has 0 bridgehead atoms. The number of carbonyl (C=O) groups excluding carboxylic acids is 2. The van der Waals surface area contributed by atoms with Crippen molar-refractivity contribution in [3.63, 3.8) is 0 Å². The van der Waals surface area contributed by atoms with Crippen LogP contribution in [0.5, 0.6) is 0 Å². The lowest BCUT2D eigenvalue weighted by Crippen LogP contribution is -2.27. The number of esters is 1. The van der Waals surface area contributed by atoms with Crippen LogP contribution in [-0.2, 0) is 16.1 Å². The highest BCUT2D eigenvalue weighted by Gasteiger charge is 2.31. The number of hydrogen-bond acceptors (Lipinski definition) is 4. The molecule has 1 unspecified atom stereocenters. The van der Waals surface area contributed by atoms with Crippen LogP contribution >= 0.6 is 0 Å². The van der Waals surface area contributed by atoms with Crippen molar-refractivity contribution in [2.75, 3.05) is 0 Å². The minimum Gasteiger partial charge on any atom is -0.462 e. The number of ketones is 1. The summed E-state index contributed by atoms with van der Waals surface area (Å²) in [5.74, 6) is 0.368. The molecule has 0 fully saturated rings. The Morgan fingerprint density at radius 1 is 1.26 bits per heavy atom. The third-order valence-corrected chi connectivity index (χ3v) is 4.08. The predicted molar refractivity (Wildman–Crippen MR) is 84.5 cm³/mol. The van der Waals surface area contributed by atoms with Crippen LogP contribution < -0.4 is 0 Å². The molecule has 1 aliphatic rings. The molecule has 0 saturated carbocycles. The average Bonchev–Trinajstić information content (AvgIpc) is 3.11. The molecule has 0 N–H and O–H groups in total. The second-order valence-electron chi connectivity index (χ2n) is 6.21. The zero-order valence-electron chi connectivity index (χ0n) is 13.7. The van der Waals surface area contributed by atoms with Gasteiger partial charge < -0.3 is 13.7 Å². The van der Waals surface area contributed by atoms with Gasteiger partial charge in [-0.15, -0.1) is 0 Å². The molecule has 0 radical (unpaired) electrons. The summed E-state index contributed by atoms with van der Waals surface area (Å²) < 4.78 is 12.7. The van der Waals surface area contributed by atoms with Gasteiger partial charge in [0.25, 0.3) is 0 Å². The highest BCUT2D eigenvalue weighted by atomic mass is 16.5. The Labute approximate surface area is 135 Å². The van der Waals surface area contributed by atoms with Crippen LogP contribution in [0.2, 0.25) is 0 Å². The van der Waals surface area contributed by atoms with E-state index in [9.17, 15) is 9.59 Å². The molecule has 5 heteroatoms. The summed E-state index contributed by atoms with van der Waals surface area (Å²) in [6, 6.07) is 7.09. The van der Waals surface area contributed by atoms with Crippen LogP contribution in [0, 0.1) is 6.92 Å². The van der Waals surface area contributed by atoms with E-state index in [2.05, 4.69) is 0 Å². The van der Waals surface area contributed by atoms with Crippen LogP contribution in [-0.4, -0.2) is 22.4 Å². The van der Waals surface area contributed by atoms with Crippen LogP contribution in [0.3, 0.4) is 0 Å². The number of aromatic nitrogens is 1. The zero-order valence-corrected chi connectivity index (χ0v) is 13.7. The molecule has 3 heterocycles. The first-order chi connectivity index (χ1) is 11.0. The summed E-state index contributed by atoms with van der Waals surface area (Å²) in [4.78, 5) is 24.9. The number of fused-ring (bicyclic) bond motifs is 1. The van der Waals surface area contributed by atoms with Crippen molar-refractivity contribution in [3.05, 3.63) is 47.2 Å². The molecule has 3 rings (SSSR count). The number of carbonyl (C=O) groups is 2. The van der Waals surface area contributed by atoms with E-state index in [0.717, 1.165) is 25.1 Å². The van der Waals surface area contributed by atoms with Gasteiger partial charge in [-0.3, -0.25) is 9.59 Å². The summed E-state index contributed by atoms with van der Waals surface area (Å²) in [5, 5.41) is 0. The maximum Gasteiger partial charge on any atom is 0.315 e. The number of rotatable bonds is 4. The fourth-order valence-electron chi connectivity index (χ4n) is 3.07. The zero-order chi connectivity index (χ0) is 16.6. The van der Waals surface area contributed by atoms with E-state index in [1.807, 2.05) is 31.4 Å². The normalized spacial score (nSPS) is 17.1. The van der Waals surface area contributed by atoms with Gasteiger partial charge in [0.2, 0.25) is 5.78 Å². The lowest BCUT2D eigenvalue weighted by Gasteiger charge is -2.25. The summed E-state index contributed by atoms with van der Waals surface area (Å²) in [5.41, 5.74) is 1.42. The number of furan rings is 1. The smallest absolute Gasteiger partial charge is 0.315 e. The van der Waals surface area contributed by atoms with Crippen molar-refractivity contribution in [3.8, 4) is 0 Å². The fraction of sp³-hybridized carbons (Fsp3) is 0.444. The van der Waals surface area contributed by atoms with Crippen molar-refractivity contribution in [2.45, 2.75) is 52.2 Å². The standard InChI is InChI=1S/C18H21NO4/c1-11(2)22-18(21)13-5-4-10-19-14(13)7-8-15(19)17(20)16-9-6-12(3)23-16/h6-9,11,13H,4-5,10H2,1-3H3. The lowest BCUT2D eigenvalue weighted by molar-refractivity contribution is -0.149. The van der Waals surface area contributed by atoms with Gasteiger partial charge in [0.15, 0.2) is 5.76 Å². The van der Waals surface area contributed by atoms with Crippen LogP contribution in [0.25, 0.3) is 0 Å². The van der Waals surface area contributed by atoms with Crippen LogP contribution in [0.1, 0.15) is 60.3 Å². The maximum absolute atomic E-state index is 12.6. The first kappa shape index (κ1) is 15.6. The number of aryl methyl sites for hydroxylation is 1. The van der Waals surface area contributed by atoms with Gasteiger partial charge in [0.1, 0.15) is 5.76 Å². The maximum atomic E-state index is 12.6. The molecule has 0 amide bonds. The van der Waals surface area contributed by atoms with Crippen molar-refractivity contribution < 1.29 is 18.7 Å². The van der Waals surface area contributed by atoms with Crippen LogP contribution in [0.15, 0.2) is 28.7 Å². The quantitative estimate of drug-likeness (QED) is 0.640. The van der Waals surface area contributed by atoms with E-state index < -0.39 is 0 Å². The molecule has 2 aromatic rings. The summed E-state index contributed by atoms with van der Waals surface area (Å²) >= 11 is 0. The summed E-state index contributed by atoms with van der Waals surface area (Å²) in [6.45, 7) is 6.22. The van der Waals surface area contributed by atoms with Gasteiger partial charge in [0, 0.05) is 12.2 Å². The number of nitrogens with zero attached hydrogens (tertiary/aromatic N) is 1. The number of ether oxygens (including phenoxy) is 1. The van der Waals surface area contributed by atoms with Gasteiger partial charge in [-0.05, 0) is 57.9 Å². The van der Waals surface area contributed by atoms with Crippen molar-refractivity contribution in [2.24, 2.45) is 0 Å². The molecule has 0 saturated heterocycles. The molecule has 2 aromatic heterocycles. The minimum absolute atomic E-state index is 0.139. The highest BCUT2D eigenvalue weighted by molar-refractivity contribution is 6.06. The van der Waals surface area contributed by atoms with E-state index in [-0.39, 0.29) is 23.8 Å². The van der Waals surface area contributed by atoms with Crippen LogP contribution in [0.4, 0.5) is 0 Å². The van der Waals surface area contributed by atoms with Gasteiger partial charge >= 0.3 is 5.97 Å². The molecular formula is C18H21NO4. The van der Waals surface area contributed by atoms with Crippen molar-refractivity contribution >= 4 is 11.8 Å². The minimum atomic E-state index is -0.300. The summed E-state index contributed by atoms with van der Waals surface area (Å²) in [6.07, 6.45) is 1.46. The molecular weight excluding hydrogens is 294 g/mol. The SMILES string of the molecule is Cc1ccc(C(=O)c2ccc3n2CCCC3C(=O)OC(C)C)o1. The third kappa shape index (κ3) is 2.96. The fourth-order valence-corrected chi connectivity index (χ4v) is 3.07. The Morgan fingerprint density at radius 3 is 2.70 bits per heavy atom. The first-order valence-corrected chi connectivity index (χ1v) is 7.98. The molecule has 5 nitrogen and oxygen atoms in total. The molecule has 122 valence electrons. The molecule has 1 atom stereocenters. The second kappa shape index (κ2) is 6.07.